The van der Waals surface area contributed by atoms with Crippen LogP contribution in [0.25, 0.3) is 11.0 Å². The number of imidazole rings is 1. The van der Waals surface area contributed by atoms with Crippen molar-refractivity contribution in [2.75, 3.05) is 38.0 Å². The van der Waals surface area contributed by atoms with Crippen LogP contribution in [0.2, 0.25) is 0 Å². The highest BCUT2D eigenvalue weighted by atomic mass is 19.1. The number of halogens is 1. The molecule has 3 aromatic rings. The first kappa shape index (κ1) is 26.0. The zero-order valence-corrected chi connectivity index (χ0v) is 22.1. The van der Waals surface area contributed by atoms with E-state index < -0.39 is 6.17 Å². The monoisotopic (exact) mass is 518 g/mol. The second-order valence-electron chi connectivity index (χ2n) is 10.4. The molecule has 2 unspecified atom stereocenters. The largest absolute Gasteiger partial charge is 0.337 e. The first-order valence-corrected chi connectivity index (χ1v) is 13.4. The summed E-state index contributed by atoms with van der Waals surface area (Å²) in [4.78, 5) is 39.2. The molecule has 2 aliphatic heterocycles. The highest BCUT2D eigenvalue weighted by Gasteiger charge is 2.27. The Morgan fingerprint density at radius 2 is 2.00 bits per heavy atom. The molecule has 0 spiro atoms. The Hall–Kier alpha value is -3.59. The fourth-order valence-electron chi connectivity index (χ4n) is 5.51. The van der Waals surface area contributed by atoms with Gasteiger partial charge in [-0.1, -0.05) is 18.2 Å². The maximum Gasteiger partial charge on any atom is 0.258 e. The predicted molar refractivity (Wildman–Crippen MR) is 146 cm³/mol. The van der Waals surface area contributed by atoms with Crippen molar-refractivity contribution in [1.29, 1.82) is 0 Å². The molecule has 0 radical (unpaired) electrons. The Morgan fingerprint density at radius 3 is 2.79 bits per heavy atom. The zero-order chi connectivity index (χ0) is 26.6. The van der Waals surface area contributed by atoms with Gasteiger partial charge in [-0.05, 0) is 63.3 Å². The predicted octanol–water partition coefficient (Wildman–Crippen LogP) is 4.45. The number of carbonyl (C=O) groups excluding carboxylic acids is 2. The molecule has 9 heteroatoms. The number of para-hydroxylation sites is 1. The molecular formula is C29H35FN6O2. The summed E-state index contributed by atoms with van der Waals surface area (Å²) in [6, 6.07) is 9.36. The number of pyridine rings is 1. The van der Waals surface area contributed by atoms with Gasteiger partial charge in [0.05, 0.1) is 17.1 Å². The van der Waals surface area contributed by atoms with E-state index in [1.165, 1.54) is 0 Å². The summed E-state index contributed by atoms with van der Waals surface area (Å²) in [5, 5.41) is 3.03. The van der Waals surface area contributed by atoms with Crippen molar-refractivity contribution in [3.8, 4) is 0 Å². The normalized spacial score (nSPS) is 20.8. The number of rotatable bonds is 6. The molecule has 200 valence electrons. The van der Waals surface area contributed by atoms with Gasteiger partial charge >= 0.3 is 0 Å². The second kappa shape index (κ2) is 11.4. The molecular weight excluding hydrogens is 483 g/mol. The molecule has 2 atom stereocenters. The van der Waals surface area contributed by atoms with Crippen LogP contribution >= 0.6 is 0 Å². The lowest BCUT2D eigenvalue weighted by atomic mass is 10.1. The van der Waals surface area contributed by atoms with E-state index >= 15 is 0 Å². The van der Waals surface area contributed by atoms with Crippen LogP contribution in [0.3, 0.4) is 0 Å². The Balaban J connectivity index is 1.39. The quantitative estimate of drug-likeness (QED) is 0.488. The summed E-state index contributed by atoms with van der Waals surface area (Å²) in [5.41, 5.74) is 4.13. The highest BCUT2D eigenvalue weighted by Crippen LogP contribution is 2.32. The van der Waals surface area contributed by atoms with E-state index in [0.717, 1.165) is 48.1 Å². The van der Waals surface area contributed by atoms with Gasteiger partial charge in [0.1, 0.15) is 6.17 Å². The van der Waals surface area contributed by atoms with Gasteiger partial charge in [-0.3, -0.25) is 24.8 Å². The fourth-order valence-corrected chi connectivity index (χ4v) is 5.51. The molecule has 38 heavy (non-hydrogen) atoms. The van der Waals surface area contributed by atoms with E-state index in [0.29, 0.717) is 44.1 Å². The lowest BCUT2D eigenvalue weighted by Gasteiger charge is -2.26. The average molecular weight is 519 g/mol. The van der Waals surface area contributed by atoms with Gasteiger partial charge < -0.3 is 9.47 Å². The molecule has 2 amide bonds. The van der Waals surface area contributed by atoms with Crippen molar-refractivity contribution in [2.45, 2.75) is 51.7 Å². The number of nitrogens with zero attached hydrogens (tertiary/aromatic N) is 5. The number of hydrogen-bond acceptors (Lipinski definition) is 5. The van der Waals surface area contributed by atoms with Crippen LogP contribution in [0, 0.1) is 13.8 Å². The number of amides is 2. The molecule has 8 nitrogen and oxygen atoms in total. The van der Waals surface area contributed by atoms with Crippen LogP contribution in [0.4, 0.5) is 10.3 Å². The van der Waals surface area contributed by atoms with E-state index in [-0.39, 0.29) is 17.9 Å². The third-order valence-electron chi connectivity index (χ3n) is 7.46. The zero-order valence-electron chi connectivity index (χ0n) is 22.1. The average Bonchev–Trinajstić information content (AvgIpc) is 3.38. The summed E-state index contributed by atoms with van der Waals surface area (Å²) in [6.45, 7) is 6.84. The van der Waals surface area contributed by atoms with Crippen molar-refractivity contribution >= 4 is 28.8 Å². The maximum atomic E-state index is 13.5. The first-order chi connectivity index (χ1) is 18.4. The fraction of sp³-hybridized carbons (Fsp3) is 0.448. The minimum absolute atomic E-state index is 0.0353. The van der Waals surface area contributed by atoms with Gasteiger partial charge in [0.25, 0.3) is 5.91 Å². The van der Waals surface area contributed by atoms with Gasteiger partial charge in [-0.2, -0.15) is 0 Å². The second-order valence-corrected chi connectivity index (χ2v) is 10.4. The molecule has 2 aliphatic rings. The number of likely N-dealkylation sites (tertiary alicyclic amines) is 2. The number of carbonyl (C=O) groups is 2. The number of benzene rings is 1. The molecule has 1 aromatic carbocycles. The smallest absolute Gasteiger partial charge is 0.258 e. The van der Waals surface area contributed by atoms with Crippen molar-refractivity contribution in [3.63, 3.8) is 0 Å². The number of aromatic nitrogens is 3. The maximum absolute atomic E-state index is 13.5. The molecule has 0 saturated carbocycles. The highest BCUT2D eigenvalue weighted by molar-refractivity contribution is 6.04. The summed E-state index contributed by atoms with van der Waals surface area (Å²) < 4.78 is 15.6. The Labute approximate surface area is 222 Å². The Morgan fingerprint density at radius 1 is 1.13 bits per heavy atom. The molecule has 0 aliphatic carbocycles. The Bertz CT molecular complexity index is 1350. The van der Waals surface area contributed by atoms with Crippen molar-refractivity contribution in [3.05, 3.63) is 65.5 Å². The molecule has 5 rings (SSSR count). The topological polar surface area (TPSA) is 83.4 Å². The number of alkyl halides is 1. The van der Waals surface area contributed by atoms with Gasteiger partial charge in [0.15, 0.2) is 0 Å². The van der Waals surface area contributed by atoms with Crippen molar-refractivity contribution in [2.24, 2.45) is 0 Å². The number of fused-ring (bicyclic) bond motifs is 1. The summed E-state index contributed by atoms with van der Waals surface area (Å²) >= 11 is 0. The number of anilines is 1. The molecule has 4 heterocycles. The van der Waals surface area contributed by atoms with E-state index in [2.05, 4.69) is 14.9 Å². The van der Waals surface area contributed by atoms with Gasteiger partial charge in [0.2, 0.25) is 11.9 Å². The first-order valence-electron chi connectivity index (χ1n) is 13.4. The van der Waals surface area contributed by atoms with Crippen molar-refractivity contribution < 1.29 is 14.0 Å². The van der Waals surface area contributed by atoms with Crippen LogP contribution in [0.1, 0.15) is 53.3 Å². The molecule has 1 N–H and O–H groups in total. The van der Waals surface area contributed by atoms with E-state index in [9.17, 15) is 14.0 Å². The van der Waals surface area contributed by atoms with Crippen LogP contribution in [-0.4, -0.2) is 75.0 Å². The molecule has 2 fully saturated rings. The summed E-state index contributed by atoms with van der Waals surface area (Å²) in [5.74, 6) is 0.205. The summed E-state index contributed by atoms with van der Waals surface area (Å²) in [6.07, 6.45) is 7.64. The number of nitrogens with one attached hydrogen (secondary N) is 1. The van der Waals surface area contributed by atoms with Gasteiger partial charge in [-0.25, -0.2) is 9.37 Å². The number of aryl methyl sites for hydroxylation is 2. The van der Waals surface area contributed by atoms with Crippen LogP contribution in [0.15, 0.2) is 48.7 Å². The van der Waals surface area contributed by atoms with Crippen LogP contribution in [-0.2, 0) is 4.79 Å². The minimum Gasteiger partial charge on any atom is -0.337 e. The summed E-state index contributed by atoms with van der Waals surface area (Å²) in [7, 11) is 0. The molecule has 2 saturated heterocycles. The minimum atomic E-state index is -0.767. The van der Waals surface area contributed by atoms with Crippen molar-refractivity contribution in [1.82, 2.24) is 24.3 Å². The third kappa shape index (κ3) is 5.78. The third-order valence-corrected chi connectivity index (χ3v) is 7.46. The van der Waals surface area contributed by atoms with E-state index in [1.807, 2.05) is 47.9 Å². The standard InChI is InChI=1S/C29H35FN6O2/c1-20-7-5-9-25-27(20)36(29(32-25)33-28(38)22-11-13-31-21(2)17-22)24-8-3-4-15-35(19-24)26(37)10-6-14-34-16-12-23(30)18-34/h5-7,9-11,13,17,23-24H,3-4,8,12,14-16,18-19H2,1-2H3,(H,32,33,38). The Kier molecular flexibility index (Phi) is 7.83. The molecule has 2 aromatic heterocycles. The number of hydrogen-bond donors (Lipinski definition) is 1. The van der Waals surface area contributed by atoms with E-state index in [1.54, 1.807) is 24.4 Å². The van der Waals surface area contributed by atoms with Gasteiger partial charge in [-0.15, -0.1) is 0 Å². The van der Waals surface area contributed by atoms with Gasteiger partial charge in [0, 0.05) is 56.3 Å². The SMILES string of the molecule is Cc1cc(C(=O)Nc2nc3cccc(C)c3n2C2CCCCN(C(=O)C=CCN3CCC(F)C3)C2)ccn1. The van der Waals surface area contributed by atoms with E-state index in [4.69, 9.17) is 4.98 Å². The lowest BCUT2D eigenvalue weighted by Crippen LogP contribution is -2.35. The van der Waals surface area contributed by atoms with Crippen LogP contribution < -0.4 is 5.32 Å². The molecule has 0 bridgehead atoms. The lowest BCUT2D eigenvalue weighted by molar-refractivity contribution is -0.126. The van der Waals surface area contributed by atoms with Crippen LogP contribution in [0.5, 0.6) is 0 Å².